The van der Waals surface area contributed by atoms with Crippen LogP contribution in [-0.4, -0.2) is 15.0 Å². The highest BCUT2D eigenvalue weighted by molar-refractivity contribution is 7.26. The molecule has 0 bridgehead atoms. The second-order valence-corrected chi connectivity index (χ2v) is 12.2. The van der Waals surface area contributed by atoms with Crippen molar-refractivity contribution in [1.82, 2.24) is 15.0 Å². The minimum Gasteiger partial charge on any atom is -0.208 e. The largest absolute Gasteiger partial charge is 0.208 e. The molecule has 0 radical (unpaired) electrons. The predicted octanol–water partition coefficient (Wildman–Crippen LogP) is 12.0. The molecule has 0 amide bonds. The first-order chi connectivity index (χ1) is 28.7. The van der Waals surface area contributed by atoms with Crippen molar-refractivity contribution in [2.75, 3.05) is 0 Å². The third-order valence-corrected chi connectivity index (χ3v) is 9.22. The lowest BCUT2D eigenvalue weighted by Gasteiger charge is -2.13. The maximum Gasteiger partial charge on any atom is 0.164 e. The van der Waals surface area contributed by atoms with Crippen LogP contribution in [0.5, 0.6) is 0 Å². The van der Waals surface area contributed by atoms with Crippen LogP contribution in [0.25, 0.3) is 87.4 Å². The summed E-state index contributed by atoms with van der Waals surface area (Å²) >= 11 is 1.62. The third kappa shape index (κ3) is 5.04. The van der Waals surface area contributed by atoms with E-state index in [4.69, 9.17) is 27.3 Å². The van der Waals surface area contributed by atoms with Gasteiger partial charge in [0, 0.05) is 42.2 Å². The number of hydrogen-bond acceptors (Lipinski definition) is 4. The Morgan fingerprint density at radius 1 is 0.500 bits per heavy atom. The van der Waals surface area contributed by atoms with Crippen LogP contribution in [-0.2, 0) is 0 Å². The zero-order valence-corrected chi connectivity index (χ0v) is 26.1. The summed E-state index contributed by atoms with van der Waals surface area (Å²) in [5.74, 6) is 0.127. The number of hydrogen-bond donors (Lipinski definition) is 0. The highest BCUT2D eigenvalue weighted by atomic mass is 32.1. The van der Waals surface area contributed by atoms with Crippen LogP contribution in [0.4, 0.5) is 0 Å². The molecular formula is C44H29N3S. The lowest BCUT2D eigenvalue weighted by molar-refractivity contribution is 1.08. The number of fused-ring (bicyclic) bond motifs is 5. The quantitative estimate of drug-likeness (QED) is 0.187. The van der Waals surface area contributed by atoms with Crippen LogP contribution in [0.15, 0.2) is 157 Å². The van der Waals surface area contributed by atoms with Crippen molar-refractivity contribution < 1.29 is 16.4 Å². The molecule has 4 heteroatoms. The van der Waals surface area contributed by atoms with Crippen LogP contribution < -0.4 is 0 Å². The fourth-order valence-electron chi connectivity index (χ4n) is 5.83. The highest BCUT2D eigenvalue weighted by Crippen LogP contribution is 2.42. The first-order valence-corrected chi connectivity index (χ1v) is 16.0. The zero-order valence-electron chi connectivity index (χ0n) is 37.3. The zero-order chi connectivity index (χ0) is 42.5. The standard InChI is InChI=1S/C44H29N3S/c1-28-12-10-18-32(24-28)34-25-33(29-13-4-2-5-14-29)26-35(27-34)43-45-42(31-15-6-3-7-16-31)46-44(47-43)38-20-11-17-30-22-23-37-36-19-8-9-21-39(36)48-41(37)40(30)38/h2-27H,1H3/i2D,4D,5D,10D,12D,13D,14D,18D,24D,25D,26D,27D. The van der Waals surface area contributed by atoms with Gasteiger partial charge in [-0.3, -0.25) is 0 Å². The molecule has 226 valence electrons. The van der Waals surface area contributed by atoms with Gasteiger partial charge in [-0.2, -0.15) is 0 Å². The molecule has 0 aliphatic rings. The molecule has 0 atom stereocenters. The topological polar surface area (TPSA) is 38.7 Å². The van der Waals surface area contributed by atoms with Gasteiger partial charge in [0.25, 0.3) is 0 Å². The third-order valence-electron chi connectivity index (χ3n) is 8.02. The van der Waals surface area contributed by atoms with E-state index >= 15 is 0 Å². The molecule has 7 aromatic carbocycles. The number of thiophene rings is 1. The first kappa shape index (κ1) is 18.4. The molecule has 0 saturated heterocycles. The number of nitrogens with zero attached hydrogens (tertiary/aromatic N) is 3. The van der Waals surface area contributed by atoms with Gasteiger partial charge in [-0.25, -0.2) is 15.0 Å². The molecule has 0 unspecified atom stereocenters. The van der Waals surface area contributed by atoms with Crippen molar-refractivity contribution in [3.05, 3.63) is 163 Å². The van der Waals surface area contributed by atoms with Gasteiger partial charge in [-0.05, 0) is 58.8 Å². The summed E-state index contributed by atoms with van der Waals surface area (Å²) in [5, 5.41) is 3.89. The summed E-state index contributed by atoms with van der Waals surface area (Å²) in [6.07, 6.45) is 0. The molecule has 2 aromatic heterocycles. The molecule has 0 saturated carbocycles. The van der Waals surface area contributed by atoms with E-state index in [1.165, 1.54) is 6.92 Å². The van der Waals surface area contributed by atoms with Crippen LogP contribution in [0.2, 0.25) is 0 Å². The van der Waals surface area contributed by atoms with Crippen molar-refractivity contribution in [3.63, 3.8) is 0 Å². The van der Waals surface area contributed by atoms with Gasteiger partial charge in [0.2, 0.25) is 0 Å². The van der Waals surface area contributed by atoms with Gasteiger partial charge >= 0.3 is 0 Å². The summed E-state index contributed by atoms with van der Waals surface area (Å²) in [6, 6.07) is 19.6. The van der Waals surface area contributed by atoms with Gasteiger partial charge in [0.05, 0.1) is 16.4 Å². The van der Waals surface area contributed by atoms with Crippen LogP contribution in [0, 0.1) is 6.92 Å². The van der Waals surface area contributed by atoms with E-state index in [9.17, 15) is 4.11 Å². The number of benzene rings is 7. The van der Waals surface area contributed by atoms with Crippen LogP contribution in [0.1, 0.15) is 22.0 Å². The van der Waals surface area contributed by atoms with Crippen molar-refractivity contribution in [2.45, 2.75) is 6.92 Å². The Hall–Kier alpha value is -5.97. The van der Waals surface area contributed by atoms with Gasteiger partial charge < -0.3 is 0 Å². The minimum atomic E-state index is -0.717. The smallest absolute Gasteiger partial charge is 0.164 e. The van der Waals surface area contributed by atoms with E-state index < -0.39 is 83.2 Å². The SMILES string of the molecule is [2H]c1c([2H])c([2H])c(-c2c([2H])c(-c3nc(-c4ccccc4)nc(-c4cccc5ccc6c7ccccc7sc6c45)n3)c([2H])c(-c3c([2H])c([2H])c([2H])c(C)c3[2H])c2[2H])c([2H])c1[2H]. The summed E-state index contributed by atoms with van der Waals surface area (Å²) in [6.45, 7) is 1.41. The molecular weight excluding hydrogens is 603 g/mol. The Bertz CT molecular complexity index is 3160. The van der Waals surface area contributed by atoms with Crippen molar-refractivity contribution in [2.24, 2.45) is 0 Å². The molecule has 0 fully saturated rings. The van der Waals surface area contributed by atoms with E-state index in [2.05, 4.69) is 18.2 Å². The normalized spacial score (nSPS) is 14.9. The van der Waals surface area contributed by atoms with Gasteiger partial charge in [-0.15, -0.1) is 11.3 Å². The Balaban J connectivity index is 1.45. The number of aromatic nitrogens is 3. The molecule has 2 heterocycles. The molecule has 9 rings (SSSR count). The molecule has 0 spiro atoms. The Kier molecular flexibility index (Phi) is 4.47. The first-order valence-electron chi connectivity index (χ1n) is 21.1. The highest BCUT2D eigenvalue weighted by Gasteiger charge is 2.18. The van der Waals surface area contributed by atoms with Gasteiger partial charge in [0.1, 0.15) is 0 Å². The van der Waals surface area contributed by atoms with E-state index in [1.807, 2.05) is 42.5 Å². The summed E-state index contributed by atoms with van der Waals surface area (Å²) in [4.78, 5) is 14.7. The monoisotopic (exact) mass is 643 g/mol. The summed E-state index contributed by atoms with van der Waals surface area (Å²) < 4.78 is 109. The lowest BCUT2D eigenvalue weighted by Crippen LogP contribution is -2.01. The molecule has 3 nitrogen and oxygen atoms in total. The van der Waals surface area contributed by atoms with Gasteiger partial charge in [-0.1, -0.05) is 139 Å². The van der Waals surface area contributed by atoms with Crippen LogP contribution >= 0.6 is 11.3 Å². The molecule has 0 N–H and O–H groups in total. The van der Waals surface area contributed by atoms with E-state index in [0.717, 1.165) is 30.9 Å². The summed E-state index contributed by atoms with van der Waals surface area (Å²) in [5.41, 5.74) is -0.905. The predicted molar refractivity (Wildman–Crippen MR) is 202 cm³/mol. The van der Waals surface area contributed by atoms with Crippen molar-refractivity contribution in [1.29, 1.82) is 0 Å². The van der Waals surface area contributed by atoms with E-state index in [0.29, 0.717) is 11.1 Å². The Morgan fingerprint density at radius 2 is 1.21 bits per heavy atom. The second kappa shape index (κ2) is 11.7. The average Bonchev–Trinajstić information content (AvgIpc) is 3.65. The fraction of sp³-hybridized carbons (Fsp3) is 0.0227. The second-order valence-electron chi connectivity index (χ2n) is 11.1. The lowest BCUT2D eigenvalue weighted by atomic mass is 9.95. The average molecular weight is 644 g/mol. The summed E-state index contributed by atoms with van der Waals surface area (Å²) in [7, 11) is 0. The molecule has 48 heavy (non-hydrogen) atoms. The van der Waals surface area contributed by atoms with Crippen molar-refractivity contribution in [3.8, 4) is 56.4 Å². The molecule has 9 aromatic rings. The number of rotatable bonds is 5. The van der Waals surface area contributed by atoms with Crippen LogP contribution in [0.3, 0.4) is 0 Å². The van der Waals surface area contributed by atoms with Crippen molar-refractivity contribution >= 4 is 42.3 Å². The Morgan fingerprint density at radius 3 is 2.06 bits per heavy atom. The van der Waals surface area contributed by atoms with E-state index in [1.54, 1.807) is 35.6 Å². The minimum absolute atomic E-state index is 0.00276. The van der Waals surface area contributed by atoms with Gasteiger partial charge in [0.15, 0.2) is 17.5 Å². The Labute approximate surface area is 299 Å². The van der Waals surface area contributed by atoms with E-state index in [-0.39, 0.29) is 40.2 Å². The maximum absolute atomic E-state index is 9.72. The molecule has 0 aliphatic heterocycles. The maximum atomic E-state index is 9.72. The molecule has 0 aliphatic carbocycles. The fourth-order valence-corrected chi connectivity index (χ4v) is 7.10.